The number of hydrogen-bond acceptors (Lipinski definition) is 5. The second kappa shape index (κ2) is 11.5. The number of amides is 1. The van der Waals surface area contributed by atoms with Crippen LogP contribution in [-0.2, 0) is 22.8 Å². The molecule has 1 heterocycles. The van der Waals surface area contributed by atoms with E-state index in [0.717, 1.165) is 34.1 Å². The zero-order valence-corrected chi connectivity index (χ0v) is 21.4. The summed E-state index contributed by atoms with van der Waals surface area (Å²) in [6.07, 6.45) is 5.15. The van der Waals surface area contributed by atoms with Gasteiger partial charge in [0.1, 0.15) is 5.75 Å². The topological polar surface area (TPSA) is 85.4 Å². The first-order valence-electron chi connectivity index (χ1n) is 11.6. The fourth-order valence-electron chi connectivity index (χ4n) is 3.76. The van der Waals surface area contributed by atoms with E-state index in [9.17, 15) is 13.2 Å². The summed E-state index contributed by atoms with van der Waals surface area (Å²) >= 11 is 0. The first-order valence-corrected chi connectivity index (χ1v) is 13.5. The number of benzene rings is 3. The van der Waals surface area contributed by atoms with E-state index in [0.29, 0.717) is 17.7 Å². The molecule has 1 N–H and O–H groups in total. The van der Waals surface area contributed by atoms with Crippen molar-refractivity contribution in [1.82, 2.24) is 10.3 Å². The number of ether oxygens (including phenoxy) is 1. The molecule has 0 aliphatic heterocycles. The molecule has 0 fully saturated rings. The number of nitrogens with zero attached hydrogens (tertiary/aromatic N) is 1. The second-order valence-electron chi connectivity index (χ2n) is 8.43. The molecule has 0 aliphatic carbocycles. The summed E-state index contributed by atoms with van der Waals surface area (Å²) in [5, 5.41) is 2.86. The molecule has 7 heteroatoms. The normalized spacial score (nSPS) is 10.8. The highest BCUT2D eigenvalue weighted by Gasteiger charge is 2.09. The summed E-state index contributed by atoms with van der Waals surface area (Å²) in [6, 6.07) is 23.7. The molecule has 0 unspecified atom stereocenters. The number of methoxy groups -OCH3 is 1. The monoisotopic (exact) mass is 510 g/mol. The Morgan fingerprint density at radius 3 is 2.51 bits per heavy atom. The first-order chi connectivity index (χ1) is 17.8. The van der Waals surface area contributed by atoms with Gasteiger partial charge < -0.3 is 10.1 Å². The number of pyridine rings is 1. The van der Waals surface area contributed by atoms with Crippen LogP contribution in [0.3, 0.4) is 0 Å². The summed E-state index contributed by atoms with van der Waals surface area (Å²) in [5.41, 5.74) is 5.13. The van der Waals surface area contributed by atoms with Crippen molar-refractivity contribution >= 4 is 15.7 Å². The van der Waals surface area contributed by atoms with Crippen molar-refractivity contribution in [1.29, 1.82) is 0 Å². The summed E-state index contributed by atoms with van der Waals surface area (Å²) in [7, 11) is -1.62. The van der Waals surface area contributed by atoms with Gasteiger partial charge in [-0.2, -0.15) is 0 Å². The first kappa shape index (κ1) is 25.7. The fourth-order valence-corrected chi connectivity index (χ4v) is 4.39. The lowest BCUT2D eigenvalue weighted by Gasteiger charge is -2.08. The van der Waals surface area contributed by atoms with Gasteiger partial charge in [-0.05, 0) is 53.1 Å². The Bertz CT molecular complexity index is 1580. The molecule has 0 spiro atoms. The molecule has 0 aliphatic rings. The number of sulfone groups is 1. The van der Waals surface area contributed by atoms with E-state index in [1.807, 2.05) is 30.3 Å². The molecule has 0 atom stereocenters. The van der Waals surface area contributed by atoms with Gasteiger partial charge in [0, 0.05) is 42.1 Å². The van der Waals surface area contributed by atoms with Crippen LogP contribution in [0.5, 0.6) is 5.75 Å². The van der Waals surface area contributed by atoms with Crippen LogP contribution in [0, 0.1) is 11.8 Å². The van der Waals surface area contributed by atoms with E-state index in [4.69, 9.17) is 4.74 Å². The third-order valence-corrected chi connectivity index (χ3v) is 6.83. The Kier molecular flexibility index (Phi) is 8.02. The van der Waals surface area contributed by atoms with Crippen LogP contribution in [0.25, 0.3) is 11.1 Å². The van der Waals surface area contributed by atoms with Gasteiger partial charge >= 0.3 is 0 Å². The van der Waals surface area contributed by atoms with Crippen LogP contribution in [0.4, 0.5) is 0 Å². The van der Waals surface area contributed by atoms with Crippen molar-refractivity contribution in [2.45, 2.75) is 17.9 Å². The van der Waals surface area contributed by atoms with Gasteiger partial charge in [-0.1, -0.05) is 54.3 Å². The Hall–Kier alpha value is -4.41. The minimum atomic E-state index is -3.25. The minimum Gasteiger partial charge on any atom is -0.494 e. The highest BCUT2D eigenvalue weighted by molar-refractivity contribution is 7.90. The molecule has 3 aromatic carbocycles. The number of carbonyl (C=O) groups is 1. The number of aromatic nitrogens is 1. The molecule has 1 aromatic heterocycles. The van der Waals surface area contributed by atoms with Gasteiger partial charge in [-0.15, -0.1) is 0 Å². The zero-order valence-electron chi connectivity index (χ0n) is 20.6. The molecule has 4 rings (SSSR count). The predicted octanol–water partition coefficient (Wildman–Crippen LogP) is 4.68. The molecule has 0 radical (unpaired) electrons. The van der Waals surface area contributed by atoms with Crippen LogP contribution < -0.4 is 10.1 Å². The SMILES string of the molecule is COc1cnccc1-c1cccc(CC#Cc2cccc(C(=O)NCc3ccc(S(C)(=O)=O)cc3)c2)c1. The number of carbonyl (C=O) groups excluding carboxylic acids is 1. The number of rotatable bonds is 7. The standard InChI is InChI=1S/C30H26N2O4S/c1-36-29-21-31-17-16-28(29)25-10-4-8-22(18-25)6-3-7-23-9-5-11-26(19-23)30(33)32-20-24-12-14-27(15-13-24)37(2,34)35/h4-5,8-19,21H,6,20H2,1-2H3,(H,32,33). The third kappa shape index (κ3) is 6.84. The maximum atomic E-state index is 12.6. The van der Waals surface area contributed by atoms with Crippen molar-refractivity contribution in [2.75, 3.05) is 13.4 Å². The molecule has 186 valence electrons. The zero-order chi connectivity index (χ0) is 26.3. The Labute approximate surface area is 217 Å². The number of nitrogens with one attached hydrogen (secondary N) is 1. The van der Waals surface area contributed by atoms with Crippen molar-refractivity contribution in [2.24, 2.45) is 0 Å². The van der Waals surface area contributed by atoms with Gasteiger partial charge in [0.25, 0.3) is 5.91 Å². The Morgan fingerprint density at radius 1 is 0.973 bits per heavy atom. The fraction of sp³-hybridized carbons (Fsp3) is 0.133. The summed E-state index contributed by atoms with van der Waals surface area (Å²) in [5.74, 6) is 6.82. The van der Waals surface area contributed by atoms with Gasteiger partial charge in [0.2, 0.25) is 0 Å². The lowest BCUT2D eigenvalue weighted by atomic mass is 10.0. The van der Waals surface area contributed by atoms with Crippen LogP contribution in [0.1, 0.15) is 27.0 Å². The summed E-state index contributed by atoms with van der Waals surface area (Å²) in [6.45, 7) is 0.289. The molecule has 1 amide bonds. The molecule has 0 saturated heterocycles. The van der Waals surface area contributed by atoms with E-state index in [1.165, 1.54) is 12.1 Å². The minimum absolute atomic E-state index is 0.227. The van der Waals surface area contributed by atoms with Gasteiger partial charge in [-0.3, -0.25) is 9.78 Å². The van der Waals surface area contributed by atoms with E-state index < -0.39 is 9.84 Å². The lowest BCUT2D eigenvalue weighted by molar-refractivity contribution is 0.0951. The van der Waals surface area contributed by atoms with E-state index >= 15 is 0 Å². The van der Waals surface area contributed by atoms with Crippen molar-refractivity contribution < 1.29 is 17.9 Å². The van der Waals surface area contributed by atoms with Gasteiger partial charge in [0.15, 0.2) is 9.84 Å². The highest BCUT2D eigenvalue weighted by atomic mass is 32.2. The maximum absolute atomic E-state index is 12.6. The highest BCUT2D eigenvalue weighted by Crippen LogP contribution is 2.29. The largest absolute Gasteiger partial charge is 0.494 e. The van der Waals surface area contributed by atoms with E-state index in [-0.39, 0.29) is 17.3 Å². The third-order valence-electron chi connectivity index (χ3n) is 5.70. The predicted molar refractivity (Wildman–Crippen MR) is 144 cm³/mol. The molecule has 4 aromatic rings. The Morgan fingerprint density at radius 2 is 1.76 bits per heavy atom. The average Bonchev–Trinajstić information content (AvgIpc) is 2.92. The number of hydrogen-bond donors (Lipinski definition) is 1. The van der Waals surface area contributed by atoms with Crippen LogP contribution in [0.15, 0.2) is 96.2 Å². The van der Waals surface area contributed by atoms with Crippen LogP contribution in [-0.4, -0.2) is 32.7 Å². The van der Waals surface area contributed by atoms with Crippen molar-refractivity contribution in [3.8, 4) is 28.7 Å². The smallest absolute Gasteiger partial charge is 0.251 e. The van der Waals surface area contributed by atoms with Crippen LogP contribution >= 0.6 is 0 Å². The summed E-state index contributed by atoms with van der Waals surface area (Å²) < 4.78 is 28.6. The van der Waals surface area contributed by atoms with Crippen molar-refractivity contribution in [3.05, 3.63) is 114 Å². The van der Waals surface area contributed by atoms with E-state index in [1.54, 1.807) is 49.8 Å². The molecule has 37 heavy (non-hydrogen) atoms. The van der Waals surface area contributed by atoms with Gasteiger partial charge in [0.05, 0.1) is 18.2 Å². The molecule has 0 saturated carbocycles. The Balaban J connectivity index is 1.40. The maximum Gasteiger partial charge on any atom is 0.251 e. The van der Waals surface area contributed by atoms with Gasteiger partial charge in [-0.25, -0.2) is 8.42 Å². The molecular weight excluding hydrogens is 484 g/mol. The lowest BCUT2D eigenvalue weighted by Crippen LogP contribution is -2.22. The second-order valence-corrected chi connectivity index (χ2v) is 10.5. The van der Waals surface area contributed by atoms with E-state index in [2.05, 4.69) is 28.2 Å². The average molecular weight is 511 g/mol. The van der Waals surface area contributed by atoms with Crippen molar-refractivity contribution in [3.63, 3.8) is 0 Å². The van der Waals surface area contributed by atoms with Crippen LogP contribution in [0.2, 0.25) is 0 Å². The molecule has 0 bridgehead atoms. The molecule has 6 nitrogen and oxygen atoms in total. The summed E-state index contributed by atoms with van der Waals surface area (Å²) in [4.78, 5) is 17.0. The quantitative estimate of drug-likeness (QED) is 0.365. The molecular formula is C30H26N2O4S.